The van der Waals surface area contributed by atoms with Crippen LogP contribution in [0.15, 0.2) is 16.9 Å². The summed E-state index contributed by atoms with van der Waals surface area (Å²) in [5, 5.41) is 0. The molecule has 0 fully saturated rings. The molecule has 4 nitrogen and oxygen atoms in total. The molecule has 0 saturated heterocycles. The molecule has 1 aromatic carbocycles. The highest BCUT2D eigenvalue weighted by molar-refractivity contribution is 5.76. The van der Waals surface area contributed by atoms with Crippen LogP contribution in [0.2, 0.25) is 0 Å². The topological polar surface area (TPSA) is 53.0 Å². The summed E-state index contributed by atoms with van der Waals surface area (Å²) in [6.45, 7) is 0.353. The zero-order valence-electron chi connectivity index (χ0n) is 8.70. The molecule has 0 atom stereocenters. The molecule has 0 spiro atoms. The lowest BCUT2D eigenvalue weighted by Gasteiger charge is -2.01. The largest absolute Gasteiger partial charge is 0.329 e. The number of aryl methyl sites for hydroxylation is 1. The van der Waals surface area contributed by atoms with E-state index in [-0.39, 0.29) is 18.6 Å². The molecule has 1 heterocycles. The van der Waals surface area contributed by atoms with Crippen LogP contribution in [-0.2, 0) is 13.6 Å². The highest BCUT2D eigenvalue weighted by Gasteiger charge is 2.16. The van der Waals surface area contributed by atoms with E-state index in [1.165, 1.54) is 17.7 Å². The van der Waals surface area contributed by atoms with E-state index < -0.39 is 17.3 Å². The number of nitrogens with two attached hydrogens (primary N) is 1. The number of halogens is 2. The number of aromatic nitrogens is 2. The predicted molar refractivity (Wildman–Crippen MR) is 56.1 cm³/mol. The minimum atomic E-state index is -1.01. The van der Waals surface area contributed by atoms with Gasteiger partial charge in [0, 0.05) is 20.1 Å². The first-order chi connectivity index (χ1) is 7.57. The molecule has 0 aliphatic rings. The fourth-order valence-electron chi connectivity index (χ4n) is 1.77. The molecule has 0 amide bonds. The third-order valence-electron chi connectivity index (χ3n) is 2.55. The maximum absolute atomic E-state index is 13.6. The first-order valence-electron chi connectivity index (χ1n) is 4.81. The molecule has 2 aromatic rings. The van der Waals surface area contributed by atoms with Crippen LogP contribution in [0.1, 0.15) is 0 Å². The molecular weight excluding hydrogens is 216 g/mol. The molecule has 2 rings (SSSR count). The molecule has 0 aliphatic heterocycles. The fraction of sp³-hybridized carbons (Fsp3) is 0.300. The van der Waals surface area contributed by atoms with Gasteiger partial charge >= 0.3 is 5.69 Å². The Morgan fingerprint density at radius 3 is 2.69 bits per heavy atom. The Hall–Kier alpha value is -1.69. The molecule has 16 heavy (non-hydrogen) atoms. The van der Waals surface area contributed by atoms with Gasteiger partial charge < -0.3 is 5.73 Å². The van der Waals surface area contributed by atoms with E-state index in [0.29, 0.717) is 5.52 Å². The van der Waals surface area contributed by atoms with Crippen molar-refractivity contribution in [1.82, 2.24) is 9.13 Å². The molecule has 2 N–H and O–H groups in total. The Balaban J connectivity index is 2.92. The molecule has 1 aromatic heterocycles. The molecule has 0 bridgehead atoms. The number of benzene rings is 1. The summed E-state index contributed by atoms with van der Waals surface area (Å²) in [6, 6.07) is 2.38. The summed E-state index contributed by atoms with van der Waals surface area (Å²) in [5.41, 5.74) is 5.26. The van der Waals surface area contributed by atoms with Gasteiger partial charge in [0.05, 0.1) is 5.52 Å². The normalized spacial score (nSPS) is 11.2. The van der Waals surface area contributed by atoms with Crippen LogP contribution in [0.5, 0.6) is 0 Å². The smallest absolute Gasteiger partial charge is 0.328 e. The van der Waals surface area contributed by atoms with Gasteiger partial charge in [-0.25, -0.2) is 13.6 Å². The van der Waals surface area contributed by atoms with Crippen molar-refractivity contribution in [2.24, 2.45) is 12.8 Å². The van der Waals surface area contributed by atoms with Crippen molar-refractivity contribution in [1.29, 1.82) is 0 Å². The minimum Gasteiger partial charge on any atom is -0.329 e. The summed E-state index contributed by atoms with van der Waals surface area (Å²) in [4.78, 5) is 11.7. The lowest BCUT2D eigenvalue weighted by atomic mass is 10.3. The average Bonchev–Trinajstić information content (AvgIpc) is 2.50. The van der Waals surface area contributed by atoms with Crippen LogP contribution in [0.25, 0.3) is 11.0 Å². The Bertz CT molecular complexity index is 600. The van der Waals surface area contributed by atoms with E-state index in [4.69, 9.17) is 5.73 Å². The Labute approximate surface area is 89.9 Å². The summed E-state index contributed by atoms with van der Waals surface area (Å²) in [5.74, 6) is -1.98. The van der Waals surface area contributed by atoms with Gasteiger partial charge in [-0.05, 0) is 12.1 Å². The standard InChI is InChI=1S/C10H11F2N3O/c1-14-7-3-2-6(11)8(12)9(7)15(5-4-13)10(14)16/h2-3H,4-5,13H2,1H3. The molecule has 86 valence electrons. The third-order valence-corrected chi connectivity index (χ3v) is 2.55. The van der Waals surface area contributed by atoms with Gasteiger partial charge in [0.1, 0.15) is 5.52 Å². The SMILES string of the molecule is Cn1c(=O)n(CCN)c2c(F)c(F)ccc21. The summed E-state index contributed by atoms with van der Waals surface area (Å²) in [6.07, 6.45) is 0. The van der Waals surface area contributed by atoms with E-state index >= 15 is 0 Å². The summed E-state index contributed by atoms with van der Waals surface area (Å²) in [7, 11) is 1.51. The Morgan fingerprint density at radius 1 is 1.38 bits per heavy atom. The van der Waals surface area contributed by atoms with Gasteiger partial charge in [0.25, 0.3) is 0 Å². The van der Waals surface area contributed by atoms with Crippen LogP contribution in [0.3, 0.4) is 0 Å². The van der Waals surface area contributed by atoms with Gasteiger partial charge in [-0.15, -0.1) is 0 Å². The number of fused-ring (bicyclic) bond motifs is 1. The second-order valence-corrected chi connectivity index (χ2v) is 3.51. The number of imidazole rings is 1. The van der Waals surface area contributed by atoms with Crippen molar-refractivity contribution in [3.05, 3.63) is 34.3 Å². The third kappa shape index (κ3) is 1.34. The van der Waals surface area contributed by atoms with E-state index in [0.717, 1.165) is 10.6 Å². The monoisotopic (exact) mass is 227 g/mol. The lowest BCUT2D eigenvalue weighted by Crippen LogP contribution is -2.25. The quantitative estimate of drug-likeness (QED) is 0.815. The van der Waals surface area contributed by atoms with Crippen LogP contribution in [-0.4, -0.2) is 15.7 Å². The van der Waals surface area contributed by atoms with Gasteiger partial charge in [0.15, 0.2) is 11.6 Å². The fourth-order valence-corrected chi connectivity index (χ4v) is 1.77. The van der Waals surface area contributed by atoms with Crippen LogP contribution in [0, 0.1) is 11.6 Å². The first kappa shape index (κ1) is 10.8. The highest BCUT2D eigenvalue weighted by atomic mass is 19.2. The number of hydrogen-bond donors (Lipinski definition) is 1. The van der Waals surface area contributed by atoms with Crippen LogP contribution >= 0.6 is 0 Å². The van der Waals surface area contributed by atoms with Gasteiger partial charge in [-0.1, -0.05) is 0 Å². The van der Waals surface area contributed by atoms with Crippen LogP contribution in [0.4, 0.5) is 8.78 Å². The predicted octanol–water partition coefficient (Wildman–Crippen LogP) is 0.577. The molecule has 0 radical (unpaired) electrons. The van der Waals surface area contributed by atoms with Crippen molar-refractivity contribution in [2.45, 2.75) is 6.54 Å². The van der Waals surface area contributed by atoms with E-state index in [1.807, 2.05) is 0 Å². The van der Waals surface area contributed by atoms with Gasteiger partial charge in [0.2, 0.25) is 0 Å². The number of hydrogen-bond acceptors (Lipinski definition) is 2. The Kier molecular flexibility index (Phi) is 2.51. The maximum atomic E-state index is 13.6. The lowest BCUT2D eigenvalue weighted by molar-refractivity contribution is 0.510. The molecule has 0 unspecified atom stereocenters. The van der Waals surface area contributed by atoms with E-state index in [2.05, 4.69) is 0 Å². The van der Waals surface area contributed by atoms with Crippen molar-refractivity contribution >= 4 is 11.0 Å². The Morgan fingerprint density at radius 2 is 2.06 bits per heavy atom. The molecular formula is C10H11F2N3O. The highest BCUT2D eigenvalue weighted by Crippen LogP contribution is 2.18. The van der Waals surface area contributed by atoms with Crippen LogP contribution < -0.4 is 11.4 Å². The zero-order valence-corrected chi connectivity index (χ0v) is 8.70. The maximum Gasteiger partial charge on any atom is 0.328 e. The van der Waals surface area contributed by atoms with Crippen molar-refractivity contribution in [3.63, 3.8) is 0 Å². The van der Waals surface area contributed by atoms with Crippen molar-refractivity contribution in [3.8, 4) is 0 Å². The van der Waals surface area contributed by atoms with Gasteiger partial charge in [-0.2, -0.15) is 0 Å². The second-order valence-electron chi connectivity index (χ2n) is 3.51. The van der Waals surface area contributed by atoms with Crippen molar-refractivity contribution < 1.29 is 8.78 Å². The number of rotatable bonds is 2. The van der Waals surface area contributed by atoms with E-state index in [9.17, 15) is 13.6 Å². The average molecular weight is 227 g/mol. The summed E-state index contributed by atoms with van der Waals surface area (Å²) < 4.78 is 29.1. The second kappa shape index (κ2) is 3.71. The first-order valence-corrected chi connectivity index (χ1v) is 4.81. The van der Waals surface area contributed by atoms with Gasteiger partial charge in [-0.3, -0.25) is 9.13 Å². The minimum absolute atomic E-state index is 0.0297. The zero-order chi connectivity index (χ0) is 11.9. The molecule has 0 saturated carbocycles. The summed E-state index contributed by atoms with van der Waals surface area (Å²) >= 11 is 0. The van der Waals surface area contributed by atoms with Crippen molar-refractivity contribution in [2.75, 3.05) is 6.54 Å². The molecule has 6 heteroatoms. The van der Waals surface area contributed by atoms with E-state index in [1.54, 1.807) is 0 Å². The molecule has 0 aliphatic carbocycles. The number of nitrogens with zero attached hydrogens (tertiary/aromatic N) is 2.